The molecule has 2 rings (SSSR count). The smallest absolute Gasteiger partial charge is 0.0719 e. The number of benzene rings is 2. The van der Waals surface area contributed by atoms with Crippen LogP contribution in [0.5, 0.6) is 0 Å². The Morgan fingerprint density at radius 3 is 1.42 bits per heavy atom. The van der Waals surface area contributed by atoms with Crippen LogP contribution < -0.4 is 10.6 Å². The Bertz CT molecular complexity index is 899. The van der Waals surface area contributed by atoms with Gasteiger partial charge < -0.3 is 10.6 Å². The minimum absolute atomic E-state index is 0.462. The molecule has 244 valence electrons. The lowest BCUT2D eigenvalue weighted by Crippen LogP contribution is -2.20. The van der Waals surface area contributed by atoms with Crippen molar-refractivity contribution in [2.45, 2.75) is 191 Å². The van der Waals surface area contributed by atoms with Gasteiger partial charge in [-0.25, -0.2) is 0 Å². The van der Waals surface area contributed by atoms with Gasteiger partial charge >= 0.3 is 0 Å². The summed E-state index contributed by atoms with van der Waals surface area (Å²) in [7, 11) is 0. The quantitative estimate of drug-likeness (QED) is 0.0940. The minimum Gasteiger partial charge on any atom is -0.381 e. The van der Waals surface area contributed by atoms with Crippen LogP contribution in [0.25, 0.3) is 0 Å². The van der Waals surface area contributed by atoms with E-state index in [1.807, 2.05) is 11.8 Å². The average molecular weight is 609 g/mol. The Balaban J connectivity index is 1.81. The van der Waals surface area contributed by atoms with Gasteiger partial charge in [0.2, 0.25) is 0 Å². The highest BCUT2D eigenvalue weighted by molar-refractivity contribution is 7.99. The molecule has 0 saturated heterocycles. The Labute approximate surface area is 272 Å². The summed E-state index contributed by atoms with van der Waals surface area (Å²) in [5.74, 6) is 0. The molecule has 0 heterocycles. The van der Waals surface area contributed by atoms with Gasteiger partial charge in [-0.15, -0.1) is 0 Å². The van der Waals surface area contributed by atoms with E-state index in [4.69, 9.17) is 0 Å². The summed E-state index contributed by atoms with van der Waals surface area (Å²) >= 11 is 1.87. The summed E-state index contributed by atoms with van der Waals surface area (Å²) in [6.45, 7) is 9.33. The highest BCUT2D eigenvalue weighted by Gasteiger charge is 2.14. The van der Waals surface area contributed by atoms with Crippen LogP contribution in [0.1, 0.15) is 169 Å². The lowest BCUT2D eigenvalue weighted by atomic mass is 10.0. The van der Waals surface area contributed by atoms with Gasteiger partial charge in [-0.1, -0.05) is 178 Å². The molecule has 0 aliphatic rings. The van der Waals surface area contributed by atoms with Crippen molar-refractivity contribution in [1.29, 1.82) is 0 Å². The molecule has 3 heteroatoms. The van der Waals surface area contributed by atoms with E-state index < -0.39 is 0 Å². The second-order valence-corrected chi connectivity index (χ2v) is 14.2. The number of unbranched alkanes of at least 4 members (excludes halogenated alkanes) is 18. The third-order valence-electron chi connectivity index (χ3n) is 8.77. The number of hydrogen-bond donors (Lipinski definition) is 2. The molecule has 0 bridgehead atoms. The van der Waals surface area contributed by atoms with Crippen molar-refractivity contribution in [3.63, 3.8) is 0 Å². The molecule has 2 unspecified atom stereocenters. The monoisotopic (exact) mass is 609 g/mol. The van der Waals surface area contributed by atoms with E-state index in [1.54, 1.807) is 0 Å². The molecule has 0 aliphatic heterocycles. The van der Waals surface area contributed by atoms with Crippen LogP contribution in [0.15, 0.2) is 58.3 Å². The van der Waals surface area contributed by atoms with Crippen molar-refractivity contribution >= 4 is 23.1 Å². The molecule has 43 heavy (non-hydrogen) atoms. The number of nitrogens with one attached hydrogen (secondary N) is 2. The molecule has 0 aromatic heterocycles. The second kappa shape index (κ2) is 25.7. The highest BCUT2D eigenvalue weighted by atomic mass is 32.2. The first-order chi connectivity index (χ1) is 21.1. The number of rotatable bonds is 28. The van der Waals surface area contributed by atoms with Crippen LogP contribution in [0, 0.1) is 0 Å². The lowest BCUT2D eigenvalue weighted by molar-refractivity contribution is 0.539. The van der Waals surface area contributed by atoms with Gasteiger partial charge in [0.15, 0.2) is 0 Å². The maximum absolute atomic E-state index is 3.96. The summed E-state index contributed by atoms with van der Waals surface area (Å²) in [4.78, 5) is 2.61. The Morgan fingerprint density at radius 2 is 0.930 bits per heavy atom. The topological polar surface area (TPSA) is 24.1 Å². The fraction of sp³-hybridized carbons (Fsp3) is 0.700. The van der Waals surface area contributed by atoms with Gasteiger partial charge in [0.1, 0.15) is 0 Å². The third-order valence-corrected chi connectivity index (χ3v) is 9.84. The third kappa shape index (κ3) is 18.7. The maximum atomic E-state index is 3.96. The van der Waals surface area contributed by atoms with Crippen LogP contribution in [-0.2, 0) is 0 Å². The van der Waals surface area contributed by atoms with Crippen molar-refractivity contribution in [2.75, 3.05) is 10.6 Å². The molecule has 2 atom stereocenters. The predicted molar refractivity (Wildman–Crippen MR) is 196 cm³/mol. The molecule has 2 aromatic carbocycles. The molecule has 0 saturated carbocycles. The SMILES string of the molecule is CCCCCCCCCCCCC(C)Nc1cccc(Sc2ccccc2)c1NC(C)CCCCCCCCCCCC. The van der Waals surface area contributed by atoms with Gasteiger partial charge in [-0.05, 0) is 51.0 Å². The normalized spacial score (nSPS) is 12.7. The van der Waals surface area contributed by atoms with Gasteiger partial charge in [0, 0.05) is 21.9 Å². The first-order valence-corrected chi connectivity index (χ1v) is 19.3. The second-order valence-electron chi connectivity index (χ2n) is 13.1. The van der Waals surface area contributed by atoms with E-state index in [-0.39, 0.29) is 0 Å². The summed E-state index contributed by atoms with van der Waals surface area (Å²) in [5.41, 5.74) is 2.54. The summed E-state index contributed by atoms with van der Waals surface area (Å²) in [6, 6.07) is 18.5. The molecule has 0 aliphatic carbocycles. The zero-order valence-electron chi connectivity index (χ0n) is 28.7. The summed E-state index contributed by atoms with van der Waals surface area (Å²) in [6.07, 6.45) is 30.4. The van der Waals surface area contributed by atoms with Crippen LogP contribution >= 0.6 is 11.8 Å². The van der Waals surface area contributed by atoms with Gasteiger partial charge in [0.05, 0.1) is 11.4 Å². The minimum atomic E-state index is 0.462. The standard InChI is InChI=1S/C40H68N2S/c1-5-7-9-11-13-15-17-19-21-24-29-35(3)41-38-33-28-34-39(43-37-31-26-23-27-32-37)40(38)42-36(4)30-25-22-20-18-16-14-12-10-8-6-2/h23,26-28,31-36,41-42H,5-22,24-25,29-30H2,1-4H3. The van der Waals surface area contributed by atoms with Crippen LogP contribution in [0.2, 0.25) is 0 Å². The molecule has 0 amide bonds. The van der Waals surface area contributed by atoms with E-state index in [2.05, 4.69) is 86.9 Å². The van der Waals surface area contributed by atoms with Crippen molar-refractivity contribution in [2.24, 2.45) is 0 Å². The Morgan fingerprint density at radius 1 is 0.488 bits per heavy atom. The summed E-state index contributed by atoms with van der Waals surface area (Å²) < 4.78 is 0. The summed E-state index contributed by atoms with van der Waals surface area (Å²) in [5, 5.41) is 7.87. The highest BCUT2D eigenvalue weighted by Crippen LogP contribution is 2.39. The number of hydrogen-bond acceptors (Lipinski definition) is 3. The van der Waals surface area contributed by atoms with Gasteiger partial charge in [-0.3, -0.25) is 0 Å². The molecule has 2 aromatic rings. The van der Waals surface area contributed by atoms with Gasteiger partial charge in [-0.2, -0.15) is 0 Å². The molecule has 0 radical (unpaired) electrons. The van der Waals surface area contributed by atoms with Gasteiger partial charge in [0.25, 0.3) is 0 Å². The zero-order valence-corrected chi connectivity index (χ0v) is 29.6. The largest absolute Gasteiger partial charge is 0.381 e. The lowest BCUT2D eigenvalue weighted by Gasteiger charge is -2.24. The van der Waals surface area contributed by atoms with E-state index in [9.17, 15) is 0 Å². The van der Waals surface area contributed by atoms with E-state index in [0.717, 1.165) is 0 Å². The molecule has 2 nitrogen and oxygen atoms in total. The van der Waals surface area contributed by atoms with E-state index in [0.29, 0.717) is 12.1 Å². The fourth-order valence-corrected chi connectivity index (χ4v) is 7.00. The van der Waals surface area contributed by atoms with Crippen molar-refractivity contribution in [3.05, 3.63) is 48.5 Å². The average Bonchev–Trinajstić information content (AvgIpc) is 3.01. The Hall–Kier alpha value is -1.61. The molecule has 0 spiro atoms. The molecule has 0 fully saturated rings. The van der Waals surface area contributed by atoms with Crippen molar-refractivity contribution < 1.29 is 0 Å². The molecule has 2 N–H and O–H groups in total. The molecular formula is C40H68N2S. The van der Waals surface area contributed by atoms with Crippen LogP contribution in [0.3, 0.4) is 0 Å². The number of para-hydroxylation sites is 1. The van der Waals surface area contributed by atoms with Crippen molar-refractivity contribution in [1.82, 2.24) is 0 Å². The van der Waals surface area contributed by atoms with E-state index in [1.165, 1.54) is 162 Å². The predicted octanol–water partition coefficient (Wildman–Crippen LogP) is 14.1. The van der Waals surface area contributed by atoms with E-state index >= 15 is 0 Å². The fourth-order valence-electron chi connectivity index (χ4n) is 6.03. The zero-order chi connectivity index (χ0) is 30.8. The van der Waals surface area contributed by atoms with Crippen LogP contribution in [0.4, 0.5) is 11.4 Å². The maximum Gasteiger partial charge on any atom is 0.0719 e. The first kappa shape index (κ1) is 37.6. The molecular weight excluding hydrogens is 541 g/mol. The van der Waals surface area contributed by atoms with Crippen LogP contribution in [-0.4, -0.2) is 12.1 Å². The first-order valence-electron chi connectivity index (χ1n) is 18.5. The Kier molecular flexibility index (Phi) is 22.4. The van der Waals surface area contributed by atoms with Crippen molar-refractivity contribution in [3.8, 4) is 0 Å². The number of anilines is 2.